The van der Waals surface area contributed by atoms with Crippen molar-refractivity contribution in [2.45, 2.75) is 32.1 Å². The van der Waals surface area contributed by atoms with Crippen LogP contribution in [0.25, 0.3) is 0 Å². The summed E-state index contributed by atoms with van der Waals surface area (Å²) in [5.74, 6) is -0.450. The van der Waals surface area contributed by atoms with Crippen LogP contribution in [0.15, 0.2) is 54.6 Å². The molecule has 0 spiro atoms. The van der Waals surface area contributed by atoms with E-state index in [0.717, 1.165) is 30.6 Å². The number of benzene rings is 2. The normalized spacial score (nSPS) is 24.4. The summed E-state index contributed by atoms with van der Waals surface area (Å²) in [7, 11) is 0. The minimum absolute atomic E-state index is 0.00656. The molecule has 4 heteroatoms. The number of carboxylic acid groups (broad SMARTS) is 1. The van der Waals surface area contributed by atoms with Crippen molar-refractivity contribution in [3.8, 4) is 5.75 Å². The van der Waals surface area contributed by atoms with Crippen molar-refractivity contribution >= 4 is 5.97 Å². The molecule has 2 N–H and O–H groups in total. The molecule has 1 unspecified atom stereocenters. The van der Waals surface area contributed by atoms with Gasteiger partial charge in [-0.05, 0) is 54.0 Å². The second kappa shape index (κ2) is 8.13. The van der Waals surface area contributed by atoms with Gasteiger partial charge in [0.2, 0.25) is 0 Å². The zero-order valence-corrected chi connectivity index (χ0v) is 16.1. The molecule has 0 radical (unpaired) electrons. The SMILES string of the molecule is C[C@@H]1CN(CC(Cc2ccccc2)C(=O)O)CC[C@]1(C)c1cccc(O)c1. The van der Waals surface area contributed by atoms with Crippen LogP contribution in [-0.2, 0) is 16.6 Å². The number of phenolic OH excluding ortho intramolecular Hbond substituents is 1. The highest BCUT2D eigenvalue weighted by molar-refractivity contribution is 5.70. The summed E-state index contributed by atoms with van der Waals surface area (Å²) in [6, 6.07) is 17.4. The number of aromatic hydroxyl groups is 1. The highest BCUT2D eigenvalue weighted by atomic mass is 16.4. The molecule has 2 aromatic rings. The zero-order chi connectivity index (χ0) is 19.4. The van der Waals surface area contributed by atoms with Crippen LogP contribution in [0.4, 0.5) is 0 Å². The zero-order valence-electron chi connectivity index (χ0n) is 16.1. The van der Waals surface area contributed by atoms with Crippen LogP contribution in [-0.4, -0.2) is 40.7 Å². The van der Waals surface area contributed by atoms with Gasteiger partial charge < -0.3 is 15.1 Å². The molecule has 0 bridgehead atoms. The molecule has 27 heavy (non-hydrogen) atoms. The lowest BCUT2D eigenvalue weighted by Crippen LogP contribution is -2.49. The van der Waals surface area contributed by atoms with Gasteiger partial charge in [0.15, 0.2) is 0 Å². The quantitative estimate of drug-likeness (QED) is 0.812. The molecule has 0 aromatic heterocycles. The van der Waals surface area contributed by atoms with Gasteiger partial charge in [0.1, 0.15) is 5.75 Å². The van der Waals surface area contributed by atoms with Crippen molar-refractivity contribution in [2.75, 3.05) is 19.6 Å². The van der Waals surface area contributed by atoms with E-state index in [1.165, 1.54) is 0 Å². The van der Waals surface area contributed by atoms with Gasteiger partial charge >= 0.3 is 5.97 Å². The van der Waals surface area contributed by atoms with Gasteiger partial charge in [-0.3, -0.25) is 4.79 Å². The lowest BCUT2D eigenvalue weighted by atomic mass is 9.68. The Balaban J connectivity index is 1.67. The number of rotatable bonds is 6. The highest BCUT2D eigenvalue weighted by Gasteiger charge is 2.39. The van der Waals surface area contributed by atoms with E-state index in [9.17, 15) is 15.0 Å². The Morgan fingerprint density at radius 1 is 1.22 bits per heavy atom. The number of nitrogens with zero attached hydrogens (tertiary/aromatic N) is 1. The van der Waals surface area contributed by atoms with Gasteiger partial charge in [-0.1, -0.05) is 56.3 Å². The Hall–Kier alpha value is -2.33. The predicted molar refractivity (Wildman–Crippen MR) is 107 cm³/mol. The first-order valence-electron chi connectivity index (χ1n) is 9.67. The van der Waals surface area contributed by atoms with Crippen LogP contribution >= 0.6 is 0 Å². The van der Waals surface area contributed by atoms with Crippen LogP contribution < -0.4 is 0 Å². The lowest BCUT2D eigenvalue weighted by Gasteiger charge is -2.45. The van der Waals surface area contributed by atoms with Crippen molar-refractivity contribution in [2.24, 2.45) is 11.8 Å². The molecule has 4 nitrogen and oxygen atoms in total. The first kappa shape index (κ1) is 19.4. The fraction of sp³-hybridized carbons (Fsp3) is 0.435. The van der Waals surface area contributed by atoms with E-state index in [0.29, 0.717) is 24.6 Å². The van der Waals surface area contributed by atoms with E-state index in [4.69, 9.17) is 0 Å². The molecule has 0 aliphatic carbocycles. The Morgan fingerprint density at radius 2 is 1.96 bits per heavy atom. The van der Waals surface area contributed by atoms with E-state index < -0.39 is 11.9 Å². The van der Waals surface area contributed by atoms with Crippen molar-refractivity contribution in [3.63, 3.8) is 0 Å². The maximum absolute atomic E-state index is 11.8. The number of piperidine rings is 1. The fourth-order valence-electron chi connectivity index (χ4n) is 4.21. The van der Waals surface area contributed by atoms with Gasteiger partial charge in [0, 0.05) is 13.1 Å². The van der Waals surface area contributed by atoms with Gasteiger partial charge in [-0.25, -0.2) is 0 Å². The second-order valence-electron chi connectivity index (χ2n) is 8.10. The Bertz CT molecular complexity index is 776. The molecular weight excluding hydrogens is 338 g/mol. The molecule has 1 saturated heterocycles. The monoisotopic (exact) mass is 367 g/mol. The first-order valence-corrected chi connectivity index (χ1v) is 9.67. The summed E-state index contributed by atoms with van der Waals surface area (Å²) >= 11 is 0. The number of phenols is 1. The third-order valence-electron chi connectivity index (χ3n) is 6.23. The number of carbonyl (C=O) groups is 1. The highest BCUT2D eigenvalue weighted by Crippen LogP contribution is 2.40. The predicted octanol–water partition coefficient (Wildman–Crippen LogP) is 3.94. The summed E-state index contributed by atoms with van der Waals surface area (Å²) in [5.41, 5.74) is 2.22. The summed E-state index contributed by atoms with van der Waals surface area (Å²) in [4.78, 5) is 14.1. The lowest BCUT2D eigenvalue weighted by molar-refractivity contribution is -0.142. The van der Waals surface area contributed by atoms with Gasteiger partial charge in [-0.15, -0.1) is 0 Å². The average molecular weight is 367 g/mol. The topological polar surface area (TPSA) is 60.8 Å². The molecule has 1 aliphatic rings. The molecule has 1 aliphatic heterocycles. The molecule has 0 amide bonds. The number of carboxylic acids is 1. The van der Waals surface area contributed by atoms with E-state index in [1.807, 2.05) is 42.5 Å². The van der Waals surface area contributed by atoms with Crippen molar-refractivity contribution in [3.05, 3.63) is 65.7 Å². The number of likely N-dealkylation sites (tertiary alicyclic amines) is 1. The van der Waals surface area contributed by atoms with E-state index in [-0.39, 0.29) is 5.41 Å². The fourth-order valence-corrected chi connectivity index (χ4v) is 4.21. The summed E-state index contributed by atoms with van der Waals surface area (Å²) in [6.45, 7) is 6.79. The second-order valence-corrected chi connectivity index (χ2v) is 8.10. The van der Waals surface area contributed by atoms with Crippen molar-refractivity contribution < 1.29 is 15.0 Å². The molecule has 2 aromatic carbocycles. The molecule has 1 heterocycles. The van der Waals surface area contributed by atoms with Crippen LogP contribution in [0.1, 0.15) is 31.4 Å². The Morgan fingerprint density at radius 3 is 2.59 bits per heavy atom. The maximum atomic E-state index is 11.8. The summed E-state index contributed by atoms with van der Waals surface area (Å²) in [5, 5.41) is 19.5. The first-order chi connectivity index (χ1) is 12.9. The van der Waals surface area contributed by atoms with Gasteiger partial charge in [0.25, 0.3) is 0 Å². The molecule has 1 fully saturated rings. The average Bonchev–Trinajstić information content (AvgIpc) is 2.65. The minimum atomic E-state index is -0.729. The van der Waals surface area contributed by atoms with Crippen LogP contribution in [0.3, 0.4) is 0 Å². The van der Waals surface area contributed by atoms with Crippen molar-refractivity contribution in [1.29, 1.82) is 0 Å². The molecule has 3 rings (SSSR count). The smallest absolute Gasteiger partial charge is 0.308 e. The Labute approximate surface area is 161 Å². The van der Waals surface area contributed by atoms with E-state index in [2.05, 4.69) is 24.8 Å². The molecule has 144 valence electrons. The third-order valence-corrected chi connectivity index (χ3v) is 6.23. The van der Waals surface area contributed by atoms with Crippen molar-refractivity contribution in [1.82, 2.24) is 4.90 Å². The maximum Gasteiger partial charge on any atom is 0.308 e. The van der Waals surface area contributed by atoms with Crippen LogP contribution in [0, 0.1) is 11.8 Å². The van der Waals surface area contributed by atoms with Gasteiger partial charge in [-0.2, -0.15) is 0 Å². The number of aliphatic carboxylic acids is 1. The van der Waals surface area contributed by atoms with Crippen LogP contribution in [0.5, 0.6) is 5.75 Å². The molecule has 0 saturated carbocycles. The van der Waals surface area contributed by atoms with E-state index in [1.54, 1.807) is 6.07 Å². The summed E-state index contributed by atoms with van der Waals surface area (Å²) < 4.78 is 0. The standard InChI is InChI=1S/C23H29NO3/c1-17-15-24(12-11-23(17,2)20-9-6-10-21(25)14-20)16-19(22(26)27)13-18-7-4-3-5-8-18/h3-10,14,17,19,25H,11-13,15-16H2,1-2H3,(H,26,27)/t17-,19?,23+/m1/s1. The third kappa shape index (κ3) is 4.51. The Kier molecular flexibility index (Phi) is 5.85. The largest absolute Gasteiger partial charge is 0.508 e. The summed E-state index contributed by atoms with van der Waals surface area (Å²) in [6.07, 6.45) is 1.51. The molecular formula is C23H29NO3. The van der Waals surface area contributed by atoms with Gasteiger partial charge in [0.05, 0.1) is 5.92 Å². The number of hydrogen-bond acceptors (Lipinski definition) is 3. The minimum Gasteiger partial charge on any atom is -0.508 e. The van der Waals surface area contributed by atoms with E-state index >= 15 is 0 Å². The molecule has 3 atom stereocenters. The number of hydrogen-bond donors (Lipinski definition) is 2. The van der Waals surface area contributed by atoms with Crippen LogP contribution in [0.2, 0.25) is 0 Å².